The summed E-state index contributed by atoms with van der Waals surface area (Å²) in [5.74, 6) is 3.54. The van der Waals surface area contributed by atoms with E-state index in [0.29, 0.717) is 4.58 Å². The summed E-state index contributed by atoms with van der Waals surface area (Å²) in [6, 6.07) is 19.1. The van der Waals surface area contributed by atoms with Crippen molar-refractivity contribution in [2.24, 2.45) is 0 Å². The van der Waals surface area contributed by atoms with Gasteiger partial charge in [0, 0.05) is 6.42 Å². The van der Waals surface area contributed by atoms with E-state index in [2.05, 4.69) is 72.1 Å². The minimum atomic E-state index is 0.608. The lowest BCUT2D eigenvalue weighted by Gasteiger charge is -2.21. The summed E-state index contributed by atoms with van der Waals surface area (Å²) in [4.78, 5) is 0. The van der Waals surface area contributed by atoms with Crippen LogP contribution in [0.5, 0.6) is 5.75 Å². The minimum absolute atomic E-state index is 0.608. The highest BCUT2D eigenvalue weighted by Gasteiger charge is 2.16. The molecule has 1 aliphatic heterocycles. The lowest BCUT2D eigenvalue weighted by molar-refractivity contribution is 0.322. The second kappa shape index (κ2) is 7.81. The third kappa shape index (κ3) is 4.45. The van der Waals surface area contributed by atoms with Crippen LogP contribution in [0.3, 0.4) is 0 Å². The van der Waals surface area contributed by atoms with Crippen molar-refractivity contribution >= 4 is 23.5 Å². The molecule has 1 heterocycles. The maximum absolute atomic E-state index is 5.84. The van der Waals surface area contributed by atoms with E-state index in [1.54, 1.807) is 0 Å². The van der Waals surface area contributed by atoms with Gasteiger partial charge in [0.15, 0.2) is 0 Å². The molecule has 1 nitrogen and oxygen atoms in total. The lowest BCUT2D eigenvalue weighted by Crippen LogP contribution is -2.02. The third-order valence-electron chi connectivity index (χ3n) is 3.48. The van der Waals surface area contributed by atoms with Crippen LogP contribution in [-0.2, 0) is 6.42 Å². The number of hydrogen-bond donors (Lipinski definition) is 0. The zero-order chi connectivity index (χ0) is 14.3. The van der Waals surface area contributed by atoms with Crippen LogP contribution in [-0.4, -0.2) is 18.1 Å². The van der Waals surface area contributed by atoms with E-state index >= 15 is 0 Å². The number of thioether (sulfide) groups is 2. The van der Waals surface area contributed by atoms with Gasteiger partial charge in [0.2, 0.25) is 0 Å². The van der Waals surface area contributed by atoms with Crippen molar-refractivity contribution in [2.75, 3.05) is 18.1 Å². The second-order valence-electron chi connectivity index (χ2n) is 5.08. The Kier molecular flexibility index (Phi) is 5.53. The van der Waals surface area contributed by atoms with E-state index in [-0.39, 0.29) is 0 Å². The molecular weight excluding hydrogens is 296 g/mol. The Labute approximate surface area is 135 Å². The van der Waals surface area contributed by atoms with E-state index in [0.717, 1.165) is 18.8 Å². The number of benzene rings is 2. The Bertz CT molecular complexity index is 533. The van der Waals surface area contributed by atoms with Gasteiger partial charge in [0.05, 0.1) is 11.2 Å². The summed E-state index contributed by atoms with van der Waals surface area (Å²) in [5, 5.41) is 0. The number of rotatable bonds is 5. The van der Waals surface area contributed by atoms with Crippen molar-refractivity contribution in [1.29, 1.82) is 0 Å². The van der Waals surface area contributed by atoms with Crippen molar-refractivity contribution < 1.29 is 4.74 Å². The van der Waals surface area contributed by atoms with Crippen LogP contribution >= 0.6 is 23.5 Å². The van der Waals surface area contributed by atoms with Gasteiger partial charge in [-0.15, -0.1) is 23.5 Å². The van der Waals surface area contributed by atoms with Gasteiger partial charge < -0.3 is 4.74 Å². The average Bonchev–Trinajstić information content (AvgIpc) is 2.57. The summed E-state index contributed by atoms with van der Waals surface area (Å²) in [7, 11) is 0. The topological polar surface area (TPSA) is 9.23 Å². The summed E-state index contributed by atoms with van der Waals surface area (Å²) in [6.45, 7) is 0.732. The molecular formula is C18H20OS2. The Balaban J connectivity index is 1.50. The highest BCUT2D eigenvalue weighted by atomic mass is 32.2. The molecule has 0 saturated carbocycles. The highest BCUT2D eigenvalue weighted by molar-refractivity contribution is 8.16. The van der Waals surface area contributed by atoms with E-state index in [1.165, 1.54) is 29.1 Å². The van der Waals surface area contributed by atoms with Crippen molar-refractivity contribution in [2.45, 2.75) is 17.4 Å². The van der Waals surface area contributed by atoms with Crippen LogP contribution in [0.4, 0.5) is 0 Å². The molecule has 0 unspecified atom stereocenters. The summed E-state index contributed by atoms with van der Waals surface area (Å²) in [5.41, 5.74) is 2.74. The van der Waals surface area contributed by atoms with Gasteiger partial charge in [0.25, 0.3) is 0 Å². The summed E-state index contributed by atoms with van der Waals surface area (Å²) < 4.78 is 6.45. The Morgan fingerprint density at radius 2 is 1.62 bits per heavy atom. The van der Waals surface area contributed by atoms with E-state index in [1.807, 2.05) is 6.07 Å². The molecule has 110 valence electrons. The number of ether oxygens (including phenoxy) is 1. The van der Waals surface area contributed by atoms with Crippen LogP contribution in [0.15, 0.2) is 54.6 Å². The van der Waals surface area contributed by atoms with Gasteiger partial charge in [-0.1, -0.05) is 42.5 Å². The predicted octanol–water partition coefficient (Wildman–Crippen LogP) is 5.18. The molecule has 0 aliphatic carbocycles. The quantitative estimate of drug-likeness (QED) is 0.752. The first-order valence-corrected chi connectivity index (χ1v) is 9.51. The molecule has 2 aromatic carbocycles. The smallest absolute Gasteiger partial charge is 0.119 e. The van der Waals surface area contributed by atoms with E-state index in [4.69, 9.17) is 4.74 Å². The molecule has 0 spiro atoms. The highest BCUT2D eigenvalue weighted by Crippen LogP contribution is 2.43. The standard InChI is InChI=1S/C18H20OS2/c1-2-5-15(6-3-1)11-12-19-17-9-7-16(8-10-17)18-20-13-4-14-21-18/h1-3,5-10,18H,4,11-14H2. The zero-order valence-corrected chi connectivity index (χ0v) is 13.7. The molecule has 2 aromatic rings. The summed E-state index contributed by atoms with van der Waals surface area (Å²) >= 11 is 4.12. The number of hydrogen-bond acceptors (Lipinski definition) is 3. The van der Waals surface area contributed by atoms with E-state index < -0.39 is 0 Å². The normalized spacial score (nSPS) is 15.8. The van der Waals surface area contributed by atoms with Crippen LogP contribution < -0.4 is 4.74 Å². The van der Waals surface area contributed by atoms with Gasteiger partial charge in [-0.05, 0) is 41.2 Å². The molecule has 1 fully saturated rings. The second-order valence-corrected chi connectivity index (χ2v) is 7.80. The van der Waals surface area contributed by atoms with Gasteiger partial charge in [-0.25, -0.2) is 0 Å². The third-order valence-corrected chi connectivity index (χ3v) is 6.50. The van der Waals surface area contributed by atoms with Crippen LogP contribution in [0, 0.1) is 0 Å². The first-order chi connectivity index (χ1) is 10.4. The monoisotopic (exact) mass is 316 g/mol. The molecule has 0 atom stereocenters. The van der Waals surface area contributed by atoms with Crippen LogP contribution in [0.25, 0.3) is 0 Å². The molecule has 0 N–H and O–H groups in total. The molecule has 0 radical (unpaired) electrons. The average molecular weight is 316 g/mol. The van der Waals surface area contributed by atoms with Crippen molar-refractivity contribution in [1.82, 2.24) is 0 Å². The van der Waals surface area contributed by atoms with Crippen molar-refractivity contribution in [3.63, 3.8) is 0 Å². The maximum Gasteiger partial charge on any atom is 0.119 e. The zero-order valence-electron chi connectivity index (χ0n) is 12.0. The molecule has 1 saturated heterocycles. The van der Waals surface area contributed by atoms with Gasteiger partial charge >= 0.3 is 0 Å². The van der Waals surface area contributed by atoms with Crippen LogP contribution in [0.2, 0.25) is 0 Å². The minimum Gasteiger partial charge on any atom is -0.493 e. The molecule has 21 heavy (non-hydrogen) atoms. The molecule has 0 aromatic heterocycles. The Morgan fingerprint density at radius 3 is 2.33 bits per heavy atom. The SMILES string of the molecule is c1ccc(CCOc2ccc(C3SCCCS3)cc2)cc1. The molecule has 3 rings (SSSR count). The van der Waals surface area contributed by atoms with Gasteiger partial charge in [-0.3, -0.25) is 0 Å². The van der Waals surface area contributed by atoms with E-state index in [9.17, 15) is 0 Å². The van der Waals surface area contributed by atoms with Gasteiger partial charge in [0.1, 0.15) is 5.75 Å². The summed E-state index contributed by atoms with van der Waals surface area (Å²) in [6.07, 6.45) is 2.30. The fourth-order valence-corrected chi connectivity index (χ4v) is 5.23. The molecule has 0 amide bonds. The van der Waals surface area contributed by atoms with Crippen molar-refractivity contribution in [3.05, 3.63) is 65.7 Å². The Morgan fingerprint density at radius 1 is 0.905 bits per heavy atom. The first kappa shape index (κ1) is 14.9. The molecule has 0 bridgehead atoms. The molecule has 1 aliphatic rings. The fraction of sp³-hybridized carbons (Fsp3) is 0.333. The first-order valence-electron chi connectivity index (χ1n) is 7.42. The van der Waals surface area contributed by atoms with Gasteiger partial charge in [-0.2, -0.15) is 0 Å². The lowest BCUT2D eigenvalue weighted by atomic mass is 10.2. The molecule has 3 heteroatoms. The fourth-order valence-electron chi connectivity index (χ4n) is 2.33. The Hall–Kier alpha value is -1.06. The maximum atomic E-state index is 5.84. The predicted molar refractivity (Wildman–Crippen MR) is 94.4 cm³/mol. The van der Waals surface area contributed by atoms with Crippen molar-refractivity contribution in [3.8, 4) is 5.75 Å². The van der Waals surface area contributed by atoms with Crippen LogP contribution in [0.1, 0.15) is 22.1 Å². The largest absolute Gasteiger partial charge is 0.493 e.